The molecule has 0 saturated heterocycles. The van der Waals surface area contributed by atoms with Crippen LogP contribution in [0.2, 0.25) is 0 Å². The van der Waals surface area contributed by atoms with Gasteiger partial charge in [0.1, 0.15) is 6.10 Å². The van der Waals surface area contributed by atoms with Gasteiger partial charge in [-0.2, -0.15) is 0 Å². The third-order valence-electron chi connectivity index (χ3n) is 1.96. The Morgan fingerprint density at radius 1 is 1.17 bits per heavy atom. The van der Waals surface area contributed by atoms with Gasteiger partial charge in [0.15, 0.2) is 0 Å². The van der Waals surface area contributed by atoms with Crippen LogP contribution in [0.5, 0.6) is 0 Å². The molecule has 1 aromatic rings. The molecule has 0 aliphatic heterocycles. The summed E-state index contributed by atoms with van der Waals surface area (Å²) in [6.45, 7) is 3.50. The van der Waals surface area contributed by atoms with Gasteiger partial charge in [0.05, 0.1) is 6.10 Å². The molecule has 0 amide bonds. The van der Waals surface area contributed by atoms with Crippen molar-refractivity contribution in [2.45, 2.75) is 26.1 Å². The predicted molar refractivity (Wildman–Crippen MR) is 47.8 cm³/mol. The number of aryl methyl sites for hydroxylation is 1. The molecule has 0 fully saturated rings. The zero-order valence-electron chi connectivity index (χ0n) is 7.36. The minimum absolute atomic E-state index is 0.717. The van der Waals surface area contributed by atoms with E-state index in [4.69, 9.17) is 5.11 Å². The minimum Gasteiger partial charge on any atom is -0.390 e. The van der Waals surface area contributed by atoms with Crippen LogP contribution in [-0.4, -0.2) is 16.3 Å². The monoisotopic (exact) mass is 166 g/mol. The molecule has 12 heavy (non-hydrogen) atoms. The highest BCUT2D eigenvalue weighted by Crippen LogP contribution is 2.19. The zero-order chi connectivity index (χ0) is 9.14. The summed E-state index contributed by atoms with van der Waals surface area (Å²) in [6.07, 6.45) is -1.49. The first-order chi connectivity index (χ1) is 5.63. The number of rotatable bonds is 2. The van der Waals surface area contributed by atoms with Crippen molar-refractivity contribution in [1.82, 2.24) is 0 Å². The maximum Gasteiger partial charge on any atom is 0.105 e. The van der Waals surface area contributed by atoms with Gasteiger partial charge in [-0.1, -0.05) is 24.3 Å². The minimum atomic E-state index is -0.772. The Morgan fingerprint density at radius 2 is 1.75 bits per heavy atom. The van der Waals surface area contributed by atoms with Crippen molar-refractivity contribution in [2.75, 3.05) is 0 Å². The summed E-state index contributed by atoms with van der Waals surface area (Å²) < 4.78 is 0. The largest absolute Gasteiger partial charge is 0.390 e. The third kappa shape index (κ3) is 1.84. The van der Waals surface area contributed by atoms with Crippen LogP contribution in [0.3, 0.4) is 0 Å². The zero-order valence-corrected chi connectivity index (χ0v) is 7.36. The Kier molecular flexibility index (Phi) is 2.84. The lowest BCUT2D eigenvalue weighted by molar-refractivity contribution is 0.0301. The summed E-state index contributed by atoms with van der Waals surface area (Å²) in [7, 11) is 0. The first kappa shape index (κ1) is 9.23. The fourth-order valence-electron chi connectivity index (χ4n) is 1.18. The molecule has 0 saturated carbocycles. The number of benzene rings is 1. The highest BCUT2D eigenvalue weighted by molar-refractivity contribution is 5.28. The molecule has 0 heterocycles. The van der Waals surface area contributed by atoms with Gasteiger partial charge in [0.25, 0.3) is 0 Å². The van der Waals surface area contributed by atoms with E-state index in [1.807, 2.05) is 31.2 Å². The highest BCUT2D eigenvalue weighted by atomic mass is 16.3. The van der Waals surface area contributed by atoms with E-state index in [-0.39, 0.29) is 0 Å². The first-order valence-electron chi connectivity index (χ1n) is 4.04. The Morgan fingerprint density at radius 3 is 2.25 bits per heavy atom. The van der Waals surface area contributed by atoms with E-state index >= 15 is 0 Å². The Bertz CT molecular complexity index is 256. The molecule has 0 spiro atoms. The molecule has 0 bridgehead atoms. The van der Waals surface area contributed by atoms with Crippen molar-refractivity contribution < 1.29 is 10.2 Å². The fourth-order valence-corrected chi connectivity index (χ4v) is 1.18. The van der Waals surface area contributed by atoms with E-state index in [1.54, 1.807) is 6.92 Å². The van der Waals surface area contributed by atoms with Crippen LogP contribution in [0, 0.1) is 6.92 Å². The average molecular weight is 166 g/mol. The van der Waals surface area contributed by atoms with Crippen molar-refractivity contribution in [2.24, 2.45) is 0 Å². The quantitative estimate of drug-likeness (QED) is 0.697. The van der Waals surface area contributed by atoms with Gasteiger partial charge in [-0.15, -0.1) is 0 Å². The van der Waals surface area contributed by atoms with Gasteiger partial charge in [-0.25, -0.2) is 0 Å². The lowest BCUT2D eigenvalue weighted by Crippen LogP contribution is -2.14. The van der Waals surface area contributed by atoms with Crippen LogP contribution < -0.4 is 0 Å². The lowest BCUT2D eigenvalue weighted by Gasteiger charge is -2.15. The van der Waals surface area contributed by atoms with Crippen molar-refractivity contribution in [3.63, 3.8) is 0 Å². The van der Waals surface area contributed by atoms with Gasteiger partial charge in [-0.3, -0.25) is 0 Å². The smallest absolute Gasteiger partial charge is 0.105 e. The molecule has 0 radical (unpaired) electrons. The summed E-state index contributed by atoms with van der Waals surface area (Å²) in [5, 5.41) is 18.7. The highest BCUT2D eigenvalue weighted by Gasteiger charge is 2.14. The fraction of sp³-hybridized carbons (Fsp3) is 0.400. The number of aliphatic hydroxyl groups excluding tert-OH is 2. The molecule has 0 aliphatic carbocycles. The number of aliphatic hydroxyl groups is 2. The maximum absolute atomic E-state index is 9.53. The normalized spacial score (nSPS) is 15.7. The Hall–Kier alpha value is -0.860. The lowest BCUT2D eigenvalue weighted by atomic mass is 10.0. The molecule has 2 N–H and O–H groups in total. The molecule has 2 nitrogen and oxygen atoms in total. The summed E-state index contributed by atoms with van der Waals surface area (Å²) in [5.41, 5.74) is 1.80. The van der Waals surface area contributed by atoms with E-state index in [1.165, 1.54) is 0 Å². The predicted octanol–water partition coefficient (Wildman–Crippen LogP) is 1.41. The molecule has 2 heteroatoms. The molecule has 2 atom stereocenters. The Labute approximate surface area is 72.5 Å². The van der Waals surface area contributed by atoms with Crippen molar-refractivity contribution in [1.29, 1.82) is 0 Å². The van der Waals surface area contributed by atoms with E-state index < -0.39 is 12.2 Å². The number of hydrogen-bond donors (Lipinski definition) is 2. The molecule has 0 aromatic heterocycles. The number of hydrogen-bond acceptors (Lipinski definition) is 2. The SMILES string of the molecule is Cc1ccccc1[C@@H](O)[C@@H](C)O. The molecular weight excluding hydrogens is 152 g/mol. The van der Waals surface area contributed by atoms with E-state index in [9.17, 15) is 5.11 Å². The second kappa shape index (κ2) is 3.70. The van der Waals surface area contributed by atoms with Crippen LogP contribution in [-0.2, 0) is 0 Å². The van der Waals surface area contributed by atoms with Crippen molar-refractivity contribution >= 4 is 0 Å². The van der Waals surface area contributed by atoms with Crippen molar-refractivity contribution in [3.8, 4) is 0 Å². The summed E-state index contributed by atoms with van der Waals surface area (Å²) >= 11 is 0. The van der Waals surface area contributed by atoms with Crippen LogP contribution in [0.4, 0.5) is 0 Å². The molecule has 0 unspecified atom stereocenters. The van der Waals surface area contributed by atoms with Crippen LogP contribution in [0.15, 0.2) is 24.3 Å². The van der Waals surface area contributed by atoms with Gasteiger partial charge >= 0.3 is 0 Å². The molecule has 1 rings (SSSR count). The van der Waals surface area contributed by atoms with Gasteiger partial charge in [0.2, 0.25) is 0 Å². The van der Waals surface area contributed by atoms with E-state index in [0.717, 1.165) is 11.1 Å². The molecule has 66 valence electrons. The second-order valence-corrected chi connectivity index (χ2v) is 3.04. The van der Waals surface area contributed by atoms with E-state index in [0.29, 0.717) is 0 Å². The summed E-state index contributed by atoms with van der Waals surface area (Å²) in [6, 6.07) is 7.51. The standard InChI is InChI=1S/C10H14O2/c1-7-5-3-4-6-9(7)10(12)8(2)11/h3-6,8,10-12H,1-2H3/t8-,10+/m1/s1. The average Bonchev–Trinajstić information content (AvgIpc) is 2.04. The maximum atomic E-state index is 9.53. The molecular formula is C10H14O2. The van der Waals surface area contributed by atoms with Crippen LogP contribution in [0.25, 0.3) is 0 Å². The third-order valence-corrected chi connectivity index (χ3v) is 1.96. The Balaban J connectivity index is 2.94. The van der Waals surface area contributed by atoms with Gasteiger partial charge in [-0.05, 0) is 25.0 Å². The molecule has 0 aliphatic rings. The van der Waals surface area contributed by atoms with Gasteiger partial charge in [0, 0.05) is 0 Å². The topological polar surface area (TPSA) is 40.5 Å². The van der Waals surface area contributed by atoms with Gasteiger partial charge < -0.3 is 10.2 Å². The second-order valence-electron chi connectivity index (χ2n) is 3.04. The van der Waals surface area contributed by atoms with Crippen molar-refractivity contribution in [3.05, 3.63) is 35.4 Å². The first-order valence-corrected chi connectivity index (χ1v) is 4.04. The van der Waals surface area contributed by atoms with Crippen LogP contribution in [0.1, 0.15) is 24.2 Å². The molecule has 1 aromatic carbocycles. The van der Waals surface area contributed by atoms with E-state index in [2.05, 4.69) is 0 Å². The van der Waals surface area contributed by atoms with Crippen LogP contribution >= 0.6 is 0 Å². The summed E-state index contributed by atoms with van der Waals surface area (Å²) in [5.74, 6) is 0. The summed E-state index contributed by atoms with van der Waals surface area (Å²) in [4.78, 5) is 0.